The quantitative estimate of drug-likeness (QED) is 0.768. The highest BCUT2D eigenvalue weighted by Crippen LogP contribution is 2.16. The van der Waals surface area contributed by atoms with Crippen molar-refractivity contribution in [2.24, 2.45) is 0 Å². The molecule has 0 saturated carbocycles. The van der Waals surface area contributed by atoms with E-state index in [1.54, 1.807) is 0 Å². The lowest BCUT2D eigenvalue weighted by molar-refractivity contribution is -0.122. The van der Waals surface area contributed by atoms with Crippen LogP contribution in [0.15, 0.2) is 24.3 Å². The van der Waals surface area contributed by atoms with E-state index in [1.807, 2.05) is 38.1 Å². The topological polar surface area (TPSA) is 50.4 Å². The van der Waals surface area contributed by atoms with Crippen molar-refractivity contribution in [2.75, 3.05) is 11.9 Å². The maximum Gasteiger partial charge on any atom is 0.242 e. The number of carbonyl (C=O) groups is 1. The van der Waals surface area contributed by atoms with Crippen molar-refractivity contribution in [2.45, 2.75) is 52.6 Å². The van der Waals surface area contributed by atoms with Crippen molar-refractivity contribution >= 4 is 11.6 Å². The molecule has 2 unspecified atom stereocenters. The molecule has 4 nitrogen and oxygen atoms in total. The van der Waals surface area contributed by atoms with Crippen molar-refractivity contribution in [3.8, 4) is 5.75 Å². The molecule has 2 N–H and O–H groups in total. The van der Waals surface area contributed by atoms with Gasteiger partial charge in [0, 0.05) is 11.7 Å². The summed E-state index contributed by atoms with van der Waals surface area (Å²) in [5.41, 5.74) is 0.917. The van der Waals surface area contributed by atoms with E-state index in [-0.39, 0.29) is 18.0 Å². The molecule has 0 aliphatic rings. The Morgan fingerprint density at radius 1 is 1.20 bits per heavy atom. The third kappa shape index (κ3) is 5.51. The van der Waals surface area contributed by atoms with Crippen molar-refractivity contribution < 1.29 is 9.53 Å². The van der Waals surface area contributed by atoms with Crippen molar-refractivity contribution in [3.63, 3.8) is 0 Å². The van der Waals surface area contributed by atoms with Crippen LogP contribution in [0.4, 0.5) is 5.69 Å². The summed E-state index contributed by atoms with van der Waals surface area (Å²) in [7, 11) is 0. The van der Waals surface area contributed by atoms with Gasteiger partial charge in [-0.05, 0) is 51.0 Å². The molecule has 0 bridgehead atoms. The van der Waals surface area contributed by atoms with Crippen LogP contribution >= 0.6 is 0 Å². The van der Waals surface area contributed by atoms with Crippen LogP contribution in [0.3, 0.4) is 0 Å². The van der Waals surface area contributed by atoms with Crippen LogP contribution in [-0.4, -0.2) is 24.6 Å². The molecule has 1 aromatic rings. The van der Waals surface area contributed by atoms with Gasteiger partial charge in [0.25, 0.3) is 0 Å². The first-order chi connectivity index (χ1) is 9.56. The number of carbonyl (C=O) groups excluding carboxylic acids is 1. The number of ether oxygens (including phenoxy) is 1. The highest BCUT2D eigenvalue weighted by molar-refractivity contribution is 5.84. The molecule has 0 aromatic heterocycles. The number of hydrogen-bond donors (Lipinski definition) is 2. The fourth-order valence-corrected chi connectivity index (χ4v) is 1.65. The summed E-state index contributed by atoms with van der Waals surface area (Å²) in [5.74, 6) is 0.875. The predicted molar refractivity (Wildman–Crippen MR) is 83.2 cm³/mol. The largest absolute Gasteiger partial charge is 0.494 e. The van der Waals surface area contributed by atoms with Crippen LogP contribution in [0, 0.1) is 0 Å². The molecule has 0 radical (unpaired) electrons. The van der Waals surface area contributed by atoms with Gasteiger partial charge in [0.2, 0.25) is 5.91 Å². The Labute approximate surface area is 121 Å². The molecule has 112 valence electrons. The second-order valence-electron chi connectivity index (χ2n) is 5.06. The average Bonchev–Trinajstić information content (AvgIpc) is 2.46. The van der Waals surface area contributed by atoms with Gasteiger partial charge in [0.15, 0.2) is 0 Å². The van der Waals surface area contributed by atoms with E-state index < -0.39 is 0 Å². The lowest BCUT2D eigenvalue weighted by Gasteiger charge is -2.18. The average molecular weight is 278 g/mol. The molecule has 0 aliphatic carbocycles. The summed E-state index contributed by atoms with van der Waals surface area (Å²) in [6.07, 6.45) is 1.93. The van der Waals surface area contributed by atoms with E-state index in [1.165, 1.54) is 0 Å². The summed E-state index contributed by atoms with van der Waals surface area (Å²) >= 11 is 0. The maximum atomic E-state index is 11.9. The first-order valence-corrected chi connectivity index (χ1v) is 7.36. The van der Waals surface area contributed by atoms with Crippen LogP contribution in [-0.2, 0) is 4.79 Å². The van der Waals surface area contributed by atoms with Crippen molar-refractivity contribution in [3.05, 3.63) is 24.3 Å². The van der Waals surface area contributed by atoms with Crippen LogP contribution in [0.1, 0.15) is 40.5 Å². The zero-order valence-electron chi connectivity index (χ0n) is 12.9. The molecule has 0 fully saturated rings. The number of hydrogen-bond acceptors (Lipinski definition) is 3. The van der Waals surface area contributed by atoms with Gasteiger partial charge in [0.05, 0.1) is 6.61 Å². The molecule has 0 aliphatic heterocycles. The van der Waals surface area contributed by atoms with E-state index in [0.717, 1.165) is 30.9 Å². The molecule has 2 atom stereocenters. The molecule has 20 heavy (non-hydrogen) atoms. The maximum absolute atomic E-state index is 11.9. The minimum atomic E-state index is -0.258. The minimum Gasteiger partial charge on any atom is -0.494 e. The Morgan fingerprint density at radius 2 is 1.85 bits per heavy atom. The fourth-order valence-electron chi connectivity index (χ4n) is 1.65. The van der Waals surface area contributed by atoms with Crippen LogP contribution < -0.4 is 15.4 Å². The summed E-state index contributed by atoms with van der Waals surface area (Å²) in [6.45, 7) is 8.72. The standard InChI is InChI=1S/C16H26N2O2/c1-5-11-20-15-9-7-14(8-10-15)18-13(4)16(19)17-12(3)6-2/h7-10,12-13,18H,5-6,11H2,1-4H3,(H,17,19). The first-order valence-electron chi connectivity index (χ1n) is 7.36. The van der Waals surface area contributed by atoms with Gasteiger partial charge >= 0.3 is 0 Å². The van der Waals surface area contributed by atoms with Crippen LogP contribution in [0.25, 0.3) is 0 Å². The minimum absolute atomic E-state index is 0.0191. The zero-order valence-corrected chi connectivity index (χ0v) is 12.9. The highest BCUT2D eigenvalue weighted by atomic mass is 16.5. The molecule has 1 aromatic carbocycles. The second-order valence-corrected chi connectivity index (χ2v) is 5.06. The summed E-state index contributed by atoms with van der Waals surface area (Å²) in [4.78, 5) is 11.9. The monoisotopic (exact) mass is 278 g/mol. The van der Waals surface area contributed by atoms with Gasteiger partial charge in [0.1, 0.15) is 11.8 Å². The number of benzene rings is 1. The normalized spacial score (nSPS) is 13.4. The predicted octanol–water partition coefficient (Wildman–Crippen LogP) is 3.19. The van der Waals surface area contributed by atoms with Gasteiger partial charge in [-0.2, -0.15) is 0 Å². The molecule has 1 rings (SSSR count). The third-order valence-corrected chi connectivity index (χ3v) is 3.10. The Kier molecular flexibility index (Phi) is 6.91. The lowest BCUT2D eigenvalue weighted by atomic mass is 10.2. The Balaban J connectivity index is 2.49. The molecular weight excluding hydrogens is 252 g/mol. The highest BCUT2D eigenvalue weighted by Gasteiger charge is 2.14. The van der Waals surface area contributed by atoms with E-state index in [4.69, 9.17) is 4.74 Å². The molecular formula is C16H26N2O2. The molecule has 0 saturated heterocycles. The lowest BCUT2D eigenvalue weighted by Crippen LogP contribution is -2.41. The van der Waals surface area contributed by atoms with E-state index in [9.17, 15) is 4.79 Å². The fraction of sp³-hybridized carbons (Fsp3) is 0.562. The number of rotatable bonds is 8. The Morgan fingerprint density at radius 3 is 2.40 bits per heavy atom. The van der Waals surface area contributed by atoms with Gasteiger partial charge in [-0.1, -0.05) is 13.8 Å². The van der Waals surface area contributed by atoms with Crippen molar-refractivity contribution in [1.82, 2.24) is 5.32 Å². The van der Waals surface area contributed by atoms with Gasteiger partial charge < -0.3 is 15.4 Å². The Bertz CT molecular complexity index is 403. The molecule has 0 spiro atoms. The number of nitrogens with one attached hydrogen (secondary N) is 2. The van der Waals surface area contributed by atoms with Gasteiger partial charge in [-0.25, -0.2) is 0 Å². The van der Waals surface area contributed by atoms with E-state index in [0.29, 0.717) is 0 Å². The molecule has 4 heteroatoms. The van der Waals surface area contributed by atoms with Crippen LogP contribution in [0.5, 0.6) is 5.75 Å². The molecule has 0 heterocycles. The van der Waals surface area contributed by atoms with Crippen LogP contribution in [0.2, 0.25) is 0 Å². The SMILES string of the molecule is CCCOc1ccc(NC(C)C(=O)NC(C)CC)cc1. The van der Waals surface area contributed by atoms with E-state index in [2.05, 4.69) is 24.5 Å². The molecule has 1 amide bonds. The zero-order chi connectivity index (χ0) is 15.0. The summed E-state index contributed by atoms with van der Waals surface area (Å²) < 4.78 is 5.52. The van der Waals surface area contributed by atoms with Gasteiger partial charge in [-0.15, -0.1) is 0 Å². The second kappa shape index (κ2) is 8.46. The Hall–Kier alpha value is -1.71. The smallest absolute Gasteiger partial charge is 0.242 e. The first kappa shape index (κ1) is 16.3. The summed E-state index contributed by atoms with van der Waals surface area (Å²) in [6, 6.07) is 7.63. The number of anilines is 1. The summed E-state index contributed by atoms with van der Waals surface area (Å²) in [5, 5.41) is 6.15. The number of amides is 1. The third-order valence-electron chi connectivity index (χ3n) is 3.10. The van der Waals surface area contributed by atoms with E-state index >= 15 is 0 Å². The van der Waals surface area contributed by atoms with Gasteiger partial charge in [-0.3, -0.25) is 4.79 Å². The van der Waals surface area contributed by atoms with Crippen molar-refractivity contribution in [1.29, 1.82) is 0 Å².